The average Bonchev–Trinajstić information content (AvgIpc) is 3.38. The Morgan fingerprint density at radius 3 is 2.71 bits per heavy atom. The van der Waals surface area contributed by atoms with Gasteiger partial charge in [0.2, 0.25) is 16.0 Å². The molecule has 9 heteroatoms. The lowest BCUT2D eigenvalue weighted by Gasteiger charge is -2.23. The summed E-state index contributed by atoms with van der Waals surface area (Å²) >= 11 is 0. The molecule has 24 heavy (non-hydrogen) atoms. The summed E-state index contributed by atoms with van der Waals surface area (Å²) in [6.07, 6.45) is 6.64. The molecule has 128 valence electrons. The smallest absolute Gasteiger partial charge is 0.222 e. The number of hydrogen-bond donors (Lipinski definition) is 1. The quantitative estimate of drug-likeness (QED) is 0.855. The molecule has 0 spiro atoms. The lowest BCUT2D eigenvalue weighted by Crippen LogP contribution is -2.38. The van der Waals surface area contributed by atoms with Gasteiger partial charge < -0.3 is 5.32 Å². The van der Waals surface area contributed by atoms with Crippen molar-refractivity contribution in [2.45, 2.75) is 31.2 Å². The predicted octanol–water partition coefficient (Wildman–Crippen LogP) is 0.709. The summed E-state index contributed by atoms with van der Waals surface area (Å²) in [7, 11) is -3.22. The summed E-state index contributed by atoms with van der Waals surface area (Å²) in [5, 5.41) is 7.34. The summed E-state index contributed by atoms with van der Waals surface area (Å²) in [6.45, 7) is 2.16. The van der Waals surface area contributed by atoms with Crippen LogP contribution in [0.15, 0.2) is 30.7 Å². The second-order valence-corrected chi connectivity index (χ2v) is 8.57. The maximum Gasteiger partial charge on any atom is 0.222 e. The van der Waals surface area contributed by atoms with Crippen LogP contribution in [0.4, 0.5) is 5.95 Å². The summed E-state index contributed by atoms with van der Waals surface area (Å²) in [5.74, 6) is 0.655. The topological polar surface area (TPSA) is 93.0 Å². The van der Waals surface area contributed by atoms with Crippen LogP contribution in [0, 0.1) is 5.92 Å². The molecule has 0 aromatic carbocycles. The van der Waals surface area contributed by atoms with Gasteiger partial charge in [-0.1, -0.05) is 0 Å². The molecule has 0 radical (unpaired) electrons. The minimum Gasteiger partial charge on any atom is -0.354 e. The standard InChI is InChI=1S/C15H20N6O2S/c22-24(23,14-2-3-14)20-9-12(8-18-15-16-5-1-6-17-15)10-21-13(11-20)4-7-19-21/h1,4-7,12,14H,2-3,8-11H2,(H,16,17,18). The fourth-order valence-electron chi connectivity index (χ4n) is 3.02. The van der Waals surface area contributed by atoms with E-state index in [1.165, 1.54) is 0 Å². The van der Waals surface area contributed by atoms with Crippen molar-refractivity contribution in [3.63, 3.8) is 0 Å². The van der Waals surface area contributed by atoms with Crippen LogP contribution in [-0.2, 0) is 23.1 Å². The van der Waals surface area contributed by atoms with E-state index in [1.54, 1.807) is 29.0 Å². The Labute approximate surface area is 141 Å². The van der Waals surface area contributed by atoms with Crippen molar-refractivity contribution in [1.29, 1.82) is 0 Å². The Hall–Kier alpha value is -2.00. The van der Waals surface area contributed by atoms with Crippen LogP contribution in [0.5, 0.6) is 0 Å². The van der Waals surface area contributed by atoms with Gasteiger partial charge in [-0.15, -0.1) is 0 Å². The first-order chi connectivity index (χ1) is 11.6. The second kappa shape index (κ2) is 6.14. The Bertz CT molecular complexity index is 802. The number of rotatable bonds is 5. The highest BCUT2D eigenvalue weighted by molar-refractivity contribution is 7.90. The minimum atomic E-state index is -3.22. The zero-order valence-electron chi connectivity index (χ0n) is 13.2. The van der Waals surface area contributed by atoms with E-state index >= 15 is 0 Å². The molecule has 0 bridgehead atoms. The van der Waals surface area contributed by atoms with Crippen molar-refractivity contribution in [2.24, 2.45) is 5.92 Å². The molecule has 1 atom stereocenters. The summed E-state index contributed by atoms with van der Waals surface area (Å²) in [6, 6.07) is 3.66. The third-order valence-electron chi connectivity index (χ3n) is 4.46. The van der Waals surface area contributed by atoms with Crippen LogP contribution < -0.4 is 5.32 Å². The zero-order valence-corrected chi connectivity index (χ0v) is 14.1. The molecule has 2 aromatic heterocycles. The van der Waals surface area contributed by atoms with E-state index in [0.717, 1.165) is 18.5 Å². The minimum absolute atomic E-state index is 0.100. The maximum atomic E-state index is 12.7. The fourth-order valence-corrected chi connectivity index (χ4v) is 4.90. The molecule has 1 saturated carbocycles. The van der Waals surface area contributed by atoms with E-state index in [9.17, 15) is 8.42 Å². The number of nitrogens with one attached hydrogen (secondary N) is 1. The molecule has 4 rings (SSSR count). The first-order valence-corrected chi connectivity index (χ1v) is 9.64. The Morgan fingerprint density at radius 2 is 1.96 bits per heavy atom. The number of nitrogens with zero attached hydrogens (tertiary/aromatic N) is 5. The van der Waals surface area contributed by atoms with Crippen molar-refractivity contribution in [3.05, 3.63) is 36.4 Å². The number of fused-ring (bicyclic) bond motifs is 1. The fraction of sp³-hybridized carbons (Fsp3) is 0.533. The van der Waals surface area contributed by atoms with Crippen molar-refractivity contribution < 1.29 is 8.42 Å². The molecule has 1 N–H and O–H groups in total. The largest absolute Gasteiger partial charge is 0.354 e. The van der Waals surface area contributed by atoms with Crippen molar-refractivity contribution >= 4 is 16.0 Å². The first kappa shape index (κ1) is 15.5. The Morgan fingerprint density at radius 1 is 1.17 bits per heavy atom. The highest BCUT2D eigenvalue weighted by Crippen LogP contribution is 2.33. The SMILES string of the molecule is O=S(=O)(C1CC1)N1Cc2ccnn2CC(CNc2ncccn2)C1. The van der Waals surface area contributed by atoms with Crippen LogP contribution >= 0.6 is 0 Å². The van der Waals surface area contributed by atoms with Gasteiger partial charge in [-0.05, 0) is 25.0 Å². The van der Waals surface area contributed by atoms with E-state index < -0.39 is 10.0 Å². The third kappa shape index (κ3) is 3.13. The molecule has 0 saturated heterocycles. The second-order valence-electron chi connectivity index (χ2n) is 6.36. The summed E-state index contributed by atoms with van der Waals surface area (Å²) < 4.78 is 28.9. The van der Waals surface area contributed by atoms with Gasteiger partial charge >= 0.3 is 0 Å². The van der Waals surface area contributed by atoms with E-state index in [0.29, 0.717) is 32.1 Å². The van der Waals surface area contributed by atoms with Crippen LogP contribution in [-0.4, -0.2) is 50.8 Å². The van der Waals surface area contributed by atoms with E-state index in [4.69, 9.17) is 0 Å². The molecule has 2 aromatic rings. The summed E-state index contributed by atoms with van der Waals surface area (Å²) in [5.41, 5.74) is 0.942. The molecule has 0 amide bonds. The van der Waals surface area contributed by atoms with Gasteiger partial charge in [0.1, 0.15) is 0 Å². The van der Waals surface area contributed by atoms with Gasteiger partial charge in [0.25, 0.3) is 0 Å². The molecule has 3 heterocycles. The zero-order chi connectivity index (χ0) is 16.6. The van der Waals surface area contributed by atoms with Crippen LogP contribution in [0.25, 0.3) is 0 Å². The normalized spacial score (nSPS) is 21.9. The molecular formula is C15H20N6O2S. The van der Waals surface area contributed by atoms with Gasteiger partial charge in [-0.25, -0.2) is 18.4 Å². The molecule has 1 unspecified atom stereocenters. The van der Waals surface area contributed by atoms with E-state index in [1.807, 2.05) is 10.7 Å². The van der Waals surface area contributed by atoms with Gasteiger partial charge in [0, 0.05) is 44.1 Å². The van der Waals surface area contributed by atoms with E-state index in [-0.39, 0.29) is 11.2 Å². The molecule has 1 aliphatic heterocycles. The number of sulfonamides is 1. The van der Waals surface area contributed by atoms with Gasteiger partial charge in [-0.2, -0.15) is 9.40 Å². The monoisotopic (exact) mass is 348 g/mol. The molecule has 8 nitrogen and oxygen atoms in total. The predicted molar refractivity (Wildman–Crippen MR) is 88.6 cm³/mol. The number of aromatic nitrogens is 4. The van der Waals surface area contributed by atoms with Crippen LogP contribution in [0.1, 0.15) is 18.5 Å². The van der Waals surface area contributed by atoms with Crippen LogP contribution in [0.2, 0.25) is 0 Å². The average molecular weight is 348 g/mol. The van der Waals surface area contributed by atoms with Gasteiger partial charge in [0.15, 0.2) is 0 Å². The van der Waals surface area contributed by atoms with Crippen molar-refractivity contribution in [1.82, 2.24) is 24.1 Å². The Kier molecular flexibility index (Phi) is 3.97. The molecule has 1 aliphatic carbocycles. The number of anilines is 1. The Balaban J connectivity index is 1.53. The highest BCUT2D eigenvalue weighted by Gasteiger charge is 2.41. The first-order valence-electron chi connectivity index (χ1n) is 8.13. The third-order valence-corrected chi connectivity index (χ3v) is 6.77. The van der Waals surface area contributed by atoms with Gasteiger partial charge in [-0.3, -0.25) is 4.68 Å². The van der Waals surface area contributed by atoms with Crippen molar-refractivity contribution in [2.75, 3.05) is 18.4 Å². The van der Waals surface area contributed by atoms with E-state index in [2.05, 4.69) is 20.4 Å². The maximum absolute atomic E-state index is 12.7. The molecular weight excluding hydrogens is 328 g/mol. The lowest BCUT2D eigenvalue weighted by atomic mass is 10.1. The lowest BCUT2D eigenvalue weighted by molar-refractivity contribution is 0.345. The highest BCUT2D eigenvalue weighted by atomic mass is 32.2. The van der Waals surface area contributed by atoms with Crippen LogP contribution in [0.3, 0.4) is 0 Å². The number of hydrogen-bond acceptors (Lipinski definition) is 6. The van der Waals surface area contributed by atoms with Gasteiger partial charge in [0.05, 0.1) is 17.5 Å². The summed E-state index contributed by atoms with van der Waals surface area (Å²) in [4.78, 5) is 8.30. The molecule has 2 aliphatic rings. The molecule has 1 fully saturated rings. The van der Waals surface area contributed by atoms with Crippen molar-refractivity contribution in [3.8, 4) is 0 Å².